The number of rotatable bonds is 4. The molecule has 5 heteroatoms. The van der Waals surface area contributed by atoms with Gasteiger partial charge in [-0.2, -0.15) is 0 Å². The van der Waals surface area contributed by atoms with Crippen LogP contribution in [0.25, 0.3) is 0 Å². The van der Waals surface area contributed by atoms with E-state index in [1.165, 1.54) is 18.5 Å². The van der Waals surface area contributed by atoms with Gasteiger partial charge in [-0.1, -0.05) is 24.8 Å². The van der Waals surface area contributed by atoms with Gasteiger partial charge in [0.15, 0.2) is 0 Å². The first-order valence-electron chi connectivity index (χ1n) is 5.35. The summed E-state index contributed by atoms with van der Waals surface area (Å²) < 4.78 is 0. The summed E-state index contributed by atoms with van der Waals surface area (Å²) >= 11 is 0. The molecule has 0 aliphatic carbocycles. The minimum atomic E-state index is -0.289. The summed E-state index contributed by atoms with van der Waals surface area (Å²) in [5, 5.41) is 5.62. The van der Waals surface area contributed by atoms with Gasteiger partial charge in [0.05, 0.1) is 18.1 Å². The van der Waals surface area contributed by atoms with E-state index < -0.39 is 0 Å². The second kappa shape index (κ2) is 5.58. The molecule has 0 radical (unpaired) electrons. The van der Waals surface area contributed by atoms with Crippen molar-refractivity contribution in [3.8, 4) is 0 Å². The van der Waals surface area contributed by atoms with Crippen molar-refractivity contribution in [2.24, 2.45) is 0 Å². The molecule has 0 aliphatic heterocycles. The van der Waals surface area contributed by atoms with Gasteiger partial charge < -0.3 is 10.6 Å². The fourth-order valence-corrected chi connectivity index (χ4v) is 1.30. The first-order valence-corrected chi connectivity index (χ1v) is 5.35. The molecule has 2 aromatic rings. The van der Waals surface area contributed by atoms with E-state index in [1.54, 1.807) is 0 Å². The van der Waals surface area contributed by atoms with Crippen molar-refractivity contribution in [1.29, 1.82) is 0 Å². The van der Waals surface area contributed by atoms with Crippen LogP contribution in [0.15, 0.2) is 55.4 Å². The molecule has 18 heavy (non-hydrogen) atoms. The minimum absolute atomic E-state index is 0.289. The van der Waals surface area contributed by atoms with Crippen molar-refractivity contribution in [2.75, 3.05) is 10.6 Å². The molecule has 2 rings (SSSR count). The molecule has 90 valence electrons. The third kappa shape index (κ3) is 3.15. The van der Waals surface area contributed by atoms with Crippen LogP contribution in [0.2, 0.25) is 0 Å². The zero-order valence-electron chi connectivity index (χ0n) is 9.63. The van der Waals surface area contributed by atoms with E-state index in [9.17, 15) is 4.79 Å². The first kappa shape index (κ1) is 11.8. The van der Waals surface area contributed by atoms with Gasteiger partial charge in [0.1, 0.15) is 0 Å². The lowest BCUT2D eigenvalue weighted by atomic mass is 10.3. The van der Waals surface area contributed by atoms with Crippen LogP contribution in [0.5, 0.6) is 0 Å². The number of aromatic nitrogens is 2. The highest BCUT2D eigenvalue weighted by atomic mass is 16.1. The SMILES string of the molecule is C=CC(=O)Nc1cnc(Nc2ccccc2)nc1. The molecule has 2 N–H and O–H groups in total. The number of anilines is 3. The van der Waals surface area contributed by atoms with Crippen molar-refractivity contribution >= 4 is 23.2 Å². The molecule has 0 unspecified atom stereocenters. The number of nitrogens with zero attached hydrogens (tertiary/aromatic N) is 2. The second-order valence-electron chi connectivity index (χ2n) is 3.48. The number of benzene rings is 1. The maximum atomic E-state index is 11.1. The Morgan fingerprint density at radius 1 is 1.11 bits per heavy atom. The van der Waals surface area contributed by atoms with Gasteiger partial charge in [0.25, 0.3) is 0 Å². The minimum Gasteiger partial charge on any atom is -0.324 e. The topological polar surface area (TPSA) is 66.9 Å². The highest BCUT2D eigenvalue weighted by Crippen LogP contribution is 2.12. The Morgan fingerprint density at radius 2 is 1.78 bits per heavy atom. The Bertz CT molecular complexity index is 537. The van der Waals surface area contributed by atoms with E-state index in [0.29, 0.717) is 11.6 Å². The number of amides is 1. The molecule has 5 nitrogen and oxygen atoms in total. The number of carbonyl (C=O) groups excluding carboxylic acids is 1. The van der Waals surface area contributed by atoms with Gasteiger partial charge in [-0.3, -0.25) is 4.79 Å². The summed E-state index contributed by atoms with van der Waals surface area (Å²) in [6, 6.07) is 9.59. The molecule has 0 saturated heterocycles. The quantitative estimate of drug-likeness (QED) is 0.805. The van der Waals surface area contributed by atoms with E-state index in [0.717, 1.165) is 5.69 Å². The fourth-order valence-electron chi connectivity index (χ4n) is 1.30. The lowest BCUT2D eigenvalue weighted by Gasteiger charge is -2.05. The highest BCUT2D eigenvalue weighted by molar-refractivity contribution is 5.98. The summed E-state index contributed by atoms with van der Waals surface area (Å²) in [6.07, 6.45) is 4.25. The van der Waals surface area contributed by atoms with Crippen LogP contribution >= 0.6 is 0 Å². The molecule has 0 atom stereocenters. The van der Waals surface area contributed by atoms with Crippen LogP contribution in [-0.4, -0.2) is 15.9 Å². The molecular formula is C13H12N4O. The zero-order chi connectivity index (χ0) is 12.8. The van der Waals surface area contributed by atoms with Crippen LogP contribution < -0.4 is 10.6 Å². The molecular weight excluding hydrogens is 228 g/mol. The second-order valence-corrected chi connectivity index (χ2v) is 3.48. The molecule has 1 aromatic carbocycles. The Labute approximate surface area is 105 Å². The molecule has 0 saturated carbocycles. The van der Waals surface area contributed by atoms with Crippen LogP contribution in [0.1, 0.15) is 0 Å². The number of hydrogen-bond acceptors (Lipinski definition) is 4. The molecule has 1 aromatic heterocycles. The Kier molecular flexibility index (Phi) is 3.66. The third-order valence-corrected chi connectivity index (χ3v) is 2.13. The summed E-state index contributed by atoms with van der Waals surface area (Å²) in [4.78, 5) is 19.2. The van der Waals surface area contributed by atoms with Gasteiger partial charge in [0, 0.05) is 5.69 Å². The fraction of sp³-hybridized carbons (Fsp3) is 0. The number of nitrogens with one attached hydrogen (secondary N) is 2. The largest absolute Gasteiger partial charge is 0.324 e. The predicted octanol–water partition coefficient (Wildman–Crippen LogP) is 2.34. The van der Waals surface area contributed by atoms with E-state index in [1.807, 2.05) is 30.3 Å². The Hall–Kier alpha value is -2.69. The van der Waals surface area contributed by atoms with Crippen LogP contribution in [-0.2, 0) is 4.79 Å². The highest BCUT2D eigenvalue weighted by Gasteiger charge is 2.00. The molecule has 0 spiro atoms. The Balaban J connectivity index is 2.04. The lowest BCUT2D eigenvalue weighted by molar-refractivity contribution is -0.111. The van der Waals surface area contributed by atoms with Gasteiger partial charge >= 0.3 is 0 Å². The summed E-state index contributed by atoms with van der Waals surface area (Å²) in [6.45, 7) is 3.36. The third-order valence-electron chi connectivity index (χ3n) is 2.13. The van der Waals surface area contributed by atoms with Gasteiger partial charge in [-0.05, 0) is 18.2 Å². The molecule has 1 heterocycles. The maximum absolute atomic E-state index is 11.1. The average Bonchev–Trinajstić information content (AvgIpc) is 2.42. The summed E-state index contributed by atoms with van der Waals surface area (Å²) in [7, 11) is 0. The number of hydrogen-bond donors (Lipinski definition) is 2. The standard InChI is InChI=1S/C13H12N4O/c1-2-12(18)16-11-8-14-13(15-9-11)17-10-6-4-3-5-7-10/h2-9H,1H2,(H,16,18)(H,14,15,17). The lowest BCUT2D eigenvalue weighted by Crippen LogP contribution is -2.08. The average molecular weight is 240 g/mol. The van der Waals surface area contributed by atoms with Crippen molar-refractivity contribution in [3.05, 3.63) is 55.4 Å². The maximum Gasteiger partial charge on any atom is 0.247 e. The normalized spacial score (nSPS) is 9.56. The van der Waals surface area contributed by atoms with E-state index >= 15 is 0 Å². The van der Waals surface area contributed by atoms with Crippen LogP contribution in [0.4, 0.5) is 17.3 Å². The Morgan fingerprint density at radius 3 is 2.39 bits per heavy atom. The summed E-state index contributed by atoms with van der Waals surface area (Å²) in [5.41, 5.74) is 1.43. The van der Waals surface area contributed by atoms with Crippen molar-refractivity contribution in [2.45, 2.75) is 0 Å². The summed E-state index contributed by atoms with van der Waals surface area (Å²) in [5.74, 6) is 0.181. The van der Waals surface area contributed by atoms with Gasteiger partial charge in [-0.15, -0.1) is 0 Å². The van der Waals surface area contributed by atoms with Crippen molar-refractivity contribution < 1.29 is 4.79 Å². The molecule has 0 fully saturated rings. The molecule has 1 amide bonds. The monoisotopic (exact) mass is 240 g/mol. The molecule has 0 bridgehead atoms. The zero-order valence-corrected chi connectivity index (χ0v) is 9.63. The van der Waals surface area contributed by atoms with E-state index in [4.69, 9.17) is 0 Å². The number of carbonyl (C=O) groups is 1. The van der Waals surface area contributed by atoms with E-state index in [2.05, 4.69) is 27.2 Å². The first-order chi connectivity index (χ1) is 8.78. The van der Waals surface area contributed by atoms with Crippen LogP contribution in [0, 0.1) is 0 Å². The predicted molar refractivity (Wildman–Crippen MR) is 70.6 cm³/mol. The smallest absolute Gasteiger partial charge is 0.247 e. The van der Waals surface area contributed by atoms with Crippen molar-refractivity contribution in [3.63, 3.8) is 0 Å². The van der Waals surface area contributed by atoms with Crippen LogP contribution in [0.3, 0.4) is 0 Å². The van der Waals surface area contributed by atoms with Gasteiger partial charge in [0.2, 0.25) is 11.9 Å². The van der Waals surface area contributed by atoms with Crippen molar-refractivity contribution in [1.82, 2.24) is 9.97 Å². The van der Waals surface area contributed by atoms with Gasteiger partial charge in [-0.25, -0.2) is 9.97 Å². The van der Waals surface area contributed by atoms with E-state index in [-0.39, 0.29) is 5.91 Å². The number of para-hydroxylation sites is 1. The molecule has 0 aliphatic rings.